The molecule has 0 bridgehead atoms. The molecule has 0 aliphatic carbocycles. The van der Waals surface area contributed by atoms with E-state index in [0.29, 0.717) is 18.0 Å². The van der Waals surface area contributed by atoms with Crippen LogP contribution in [0.25, 0.3) is 0 Å². The Bertz CT molecular complexity index is 784. The van der Waals surface area contributed by atoms with Crippen molar-refractivity contribution in [2.45, 2.75) is 24.3 Å². The minimum atomic E-state index is 0.0101. The lowest BCUT2D eigenvalue weighted by atomic mass is 10.2. The Morgan fingerprint density at radius 3 is 2.83 bits per heavy atom. The Morgan fingerprint density at radius 2 is 2.00 bits per heavy atom. The molecule has 0 radical (unpaired) electrons. The summed E-state index contributed by atoms with van der Waals surface area (Å²) in [7, 11) is 0. The van der Waals surface area contributed by atoms with Crippen molar-refractivity contribution in [2.75, 3.05) is 23.7 Å². The van der Waals surface area contributed by atoms with E-state index in [1.807, 2.05) is 34.5 Å². The number of nitrogens with zero attached hydrogens (tertiary/aromatic N) is 3. The summed E-state index contributed by atoms with van der Waals surface area (Å²) < 4.78 is 0. The Kier molecular flexibility index (Phi) is 4.28. The molecule has 5 nitrogen and oxygen atoms in total. The number of likely N-dealkylation sites (tertiary alicyclic amines) is 1. The first kappa shape index (κ1) is 15.7. The average Bonchev–Trinajstić information content (AvgIpc) is 3.29. The van der Waals surface area contributed by atoms with Crippen LogP contribution in [0, 0.1) is 0 Å². The van der Waals surface area contributed by atoms with Gasteiger partial charge in [-0.3, -0.25) is 9.59 Å². The van der Waals surface area contributed by atoms with Crippen LogP contribution in [-0.4, -0.2) is 40.5 Å². The largest absolute Gasteiger partial charge is 0.337 e. The number of para-hydroxylation sites is 1. The van der Waals surface area contributed by atoms with Crippen LogP contribution in [0.5, 0.6) is 0 Å². The number of fused-ring (bicyclic) bond motifs is 1. The van der Waals surface area contributed by atoms with Crippen molar-refractivity contribution in [1.29, 1.82) is 0 Å². The van der Waals surface area contributed by atoms with E-state index in [4.69, 9.17) is 0 Å². The first-order valence-electron chi connectivity index (χ1n) is 7.98. The normalized spacial score (nSPS) is 17.2. The summed E-state index contributed by atoms with van der Waals surface area (Å²) in [4.78, 5) is 33.9. The molecule has 0 N–H and O–H groups in total. The van der Waals surface area contributed by atoms with Gasteiger partial charge in [-0.15, -0.1) is 23.1 Å². The molecule has 0 atom stereocenters. The second kappa shape index (κ2) is 6.57. The van der Waals surface area contributed by atoms with Gasteiger partial charge in [-0.05, 0) is 25.0 Å². The van der Waals surface area contributed by atoms with Crippen LogP contribution in [0.4, 0.5) is 5.69 Å². The van der Waals surface area contributed by atoms with E-state index in [9.17, 15) is 9.59 Å². The van der Waals surface area contributed by atoms with E-state index >= 15 is 0 Å². The van der Waals surface area contributed by atoms with Gasteiger partial charge in [-0.2, -0.15) is 0 Å². The maximum atomic E-state index is 12.4. The third kappa shape index (κ3) is 2.93. The number of benzene rings is 1. The molecule has 0 spiro atoms. The lowest BCUT2D eigenvalue weighted by Gasteiger charge is -2.28. The van der Waals surface area contributed by atoms with Crippen molar-refractivity contribution in [3.05, 3.63) is 40.3 Å². The number of amides is 2. The lowest BCUT2D eigenvalue weighted by molar-refractivity contribution is -0.116. The van der Waals surface area contributed by atoms with Crippen LogP contribution < -0.4 is 4.90 Å². The number of anilines is 1. The van der Waals surface area contributed by atoms with Gasteiger partial charge in [0.2, 0.25) is 5.91 Å². The van der Waals surface area contributed by atoms with E-state index in [-0.39, 0.29) is 11.8 Å². The number of thiazole rings is 1. The summed E-state index contributed by atoms with van der Waals surface area (Å²) in [6, 6.07) is 7.91. The molecule has 7 heteroatoms. The van der Waals surface area contributed by atoms with Gasteiger partial charge in [0.25, 0.3) is 5.91 Å². The molecule has 1 aromatic heterocycles. The molecular formula is C17H17N3O2S2. The molecule has 0 saturated carbocycles. The molecule has 3 heterocycles. The summed E-state index contributed by atoms with van der Waals surface area (Å²) in [5.74, 6) is 0.541. The average molecular weight is 359 g/mol. The monoisotopic (exact) mass is 359 g/mol. The van der Waals surface area contributed by atoms with Gasteiger partial charge in [0.05, 0.1) is 18.0 Å². The van der Waals surface area contributed by atoms with Gasteiger partial charge in [-0.1, -0.05) is 12.1 Å². The standard InChI is InChI=1S/C17H17N3O2S2/c21-16-11-23-14-6-2-1-5-13(14)20(16)9-15-18-12(10-24-15)17(22)19-7-3-4-8-19/h1-2,5-6,10H,3-4,7-9,11H2. The molecule has 0 unspecified atom stereocenters. The number of thioether (sulfide) groups is 1. The SMILES string of the molecule is O=C(c1csc(CN2C(=O)CSc3ccccc32)n1)N1CCCC1. The van der Waals surface area contributed by atoms with E-state index in [1.54, 1.807) is 16.7 Å². The quantitative estimate of drug-likeness (QED) is 0.845. The predicted octanol–water partition coefficient (Wildman–Crippen LogP) is 3.02. The number of carbonyl (C=O) groups is 2. The number of rotatable bonds is 3. The van der Waals surface area contributed by atoms with Crippen molar-refractivity contribution in [3.63, 3.8) is 0 Å². The van der Waals surface area contributed by atoms with Gasteiger partial charge in [-0.25, -0.2) is 4.98 Å². The number of hydrogen-bond donors (Lipinski definition) is 0. The zero-order valence-electron chi connectivity index (χ0n) is 13.1. The van der Waals surface area contributed by atoms with Gasteiger partial charge >= 0.3 is 0 Å². The lowest BCUT2D eigenvalue weighted by Crippen LogP contribution is -2.34. The highest BCUT2D eigenvalue weighted by Crippen LogP contribution is 2.36. The summed E-state index contributed by atoms with van der Waals surface area (Å²) in [6.07, 6.45) is 2.14. The van der Waals surface area contributed by atoms with Gasteiger partial charge in [0.15, 0.2) is 0 Å². The Balaban J connectivity index is 1.54. The highest BCUT2D eigenvalue weighted by Gasteiger charge is 2.26. The highest BCUT2D eigenvalue weighted by molar-refractivity contribution is 8.00. The zero-order chi connectivity index (χ0) is 16.5. The molecule has 1 fully saturated rings. The third-order valence-corrected chi connectivity index (χ3v) is 6.15. The summed E-state index contributed by atoms with van der Waals surface area (Å²) in [5.41, 5.74) is 1.44. The van der Waals surface area contributed by atoms with Gasteiger partial charge < -0.3 is 9.80 Å². The summed E-state index contributed by atoms with van der Waals surface area (Å²) in [6.45, 7) is 2.07. The molecule has 2 amide bonds. The molecule has 2 aliphatic rings. The summed E-state index contributed by atoms with van der Waals surface area (Å²) in [5, 5.41) is 2.61. The maximum absolute atomic E-state index is 12.4. The number of aromatic nitrogens is 1. The molecule has 124 valence electrons. The first-order valence-corrected chi connectivity index (χ1v) is 9.85. The van der Waals surface area contributed by atoms with Crippen LogP contribution in [0.3, 0.4) is 0 Å². The number of carbonyl (C=O) groups excluding carboxylic acids is 2. The highest BCUT2D eigenvalue weighted by atomic mass is 32.2. The molecule has 1 saturated heterocycles. The Hall–Kier alpha value is -1.86. The van der Waals surface area contributed by atoms with Crippen LogP contribution in [-0.2, 0) is 11.3 Å². The predicted molar refractivity (Wildman–Crippen MR) is 95.6 cm³/mol. The van der Waals surface area contributed by atoms with Crippen molar-refractivity contribution in [1.82, 2.24) is 9.88 Å². The second-order valence-electron chi connectivity index (χ2n) is 5.86. The van der Waals surface area contributed by atoms with Crippen LogP contribution in [0.2, 0.25) is 0 Å². The second-order valence-corrected chi connectivity index (χ2v) is 7.82. The van der Waals surface area contributed by atoms with E-state index in [1.165, 1.54) is 11.3 Å². The third-order valence-electron chi connectivity index (χ3n) is 4.27. The van der Waals surface area contributed by atoms with Crippen LogP contribution >= 0.6 is 23.1 Å². The molecule has 1 aromatic carbocycles. The van der Waals surface area contributed by atoms with Gasteiger partial charge in [0.1, 0.15) is 10.7 Å². The van der Waals surface area contributed by atoms with E-state index < -0.39 is 0 Å². The molecule has 4 rings (SSSR count). The molecule has 24 heavy (non-hydrogen) atoms. The fourth-order valence-electron chi connectivity index (χ4n) is 3.03. The zero-order valence-corrected chi connectivity index (χ0v) is 14.7. The van der Waals surface area contributed by atoms with Crippen LogP contribution in [0.1, 0.15) is 28.3 Å². The van der Waals surface area contributed by atoms with Crippen molar-refractivity contribution in [2.24, 2.45) is 0 Å². The minimum absolute atomic E-state index is 0.0101. The minimum Gasteiger partial charge on any atom is -0.337 e. The number of hydrogen-bond acceptors (Lipinski definition) is 5. The smallest absolute Gasteiger partial charge is 0.273 e. The van der Waals surface area contributed by atoms with Crippen LogP contribution in [0.15, 0.2) is 34.5 Å². The fraction of sp³-hybridized carbons (Fsp3) is 0.353. The first-order chi connectivity index (χ1) is 11.7. The van der Waals surface area contributed by atoms with Gasteiger partial charge in [0, 0.05) is 23.4 Å². The maximum Gasteiger partial charge on any atom is 0.273 e. The van der Waals surface area contributed by atoms with E-state index in [2.05, 4.69) is 4.98 Å². The molecular weight excluding hydrogens is 342 g/mol. The molecule has 2 aliphatic heterocycles. The van der Waals surface area contributed by atoms with E-state index in [0.717, 1.165) is 41.5 Å². The van der Waals surface area contributed by atoms with Crippen molar-refractivity contribution < 1.29 is 9.59 Å². The van der Waals surface area contributed by atoms with Crippen molar-refractivity contribution >= 4 is 40.6 Å². The molecule has 2 aromatic rings. The summed E-state index contributed by atoms with van der Waals surface area (Å²) >= 11 is 3.02. The topological polar surface area (TPSA) is 53.5 Å². The van der Waals surface area contributed by atoms with Crippen molar-refractivity contribution in [3.8, 4) is 0 Å². The fourth-order valence-corrected chi connectivity index (χ4v) is 4.72. The Morgan fingerprint density at radius 1 is 1.21 bits per heavy atom. The Labute approximate surface area is 148 Å².